The van der Waals surface area contributed by atoms with Crippen LogP contribution in [0.15, 0.2) is 53.5 Å². The number of carbonyl (C=O) groups excluding carboxylic acids is 1. The molecule has 0 aromatic carbocycles. The van der Waals surface area contributed by atoms with Gasteiger partial charge in [-0.2, -0.15) is 0 Å². The normalized spacial score (nSPS) is 13.5. The van der Waals surface area contributed by atoms with Gasteiger partial charge >= 0.3 is 5.91 Å². The number of nitrogens with one attached hydrogen (secondary N) is 1. The van der Waals surface area contributed by atoms with Gasteiger partial charge in [-0.3, -0.25) is 19.7 Å². The third kappa shape index (κ3) is 3.78. The molecular formula is C19H19N5O2. The number of fused-ring (bicyclic) bond motifs is 1. The highest BCUT2D eigenvalue weighted by Crippen LogP contribution is 2.24. The minimum Gasteiger partial charge on any atom is -0.436 e. The summed E-state index contributed by atoms with van der Waals surface area (Å²) in [6.07, 6.45) is 7.86. The summed E-state index contributed by atoms with van der Waals surface area (Å²) >= 11 is 0. The van der Waals surface area contributed by atoms with Crippen molar-refractivity contribution in [3.8, 4) is 0 Å². The van der Waals surface area contributed by atoms with Crippen LogP contribution in [0.2, 0.25) is 0 Å². The van der Waals surface area contributed by atoms with Gasteiger partial charge in [-0.05, 0) is 29.7 Å². The molecule has 0 bridgehead atoms. The molecule has 3 aromatic rings. The quantitative estimate of drug-likeness (QED) is 0.732. The lowest BCUT2D eigenvalue weighted by Crippen LogP contribution is -2.26. The zero-order valence-corrected chi connectivity index (χ0v) is 14.3. The van der Waals surface area contributed by atoms with Gasteiger partial charge in [0, 0.05) is 44.4 Å². The molecule has 1 aliphatic rings. The van der Waals surface area contributed by atoms with Crippen molar-refractivity contribution in [3.05, 3.63) is 77.5 Å². The van der Waals surface area contributed by atoms with Gasteiger partial charge in [0.15, 0.2) is 0 Å². The van der Waals surface area contributed by atoms with E-state index in [-0.39, 0.29) is 11.8 Å². The molecule has 0 radical (unpaired) electrons. The Morgan fingerprint density at radius 2 is 1.88 bits per heavy atom. The van der Waals surface area contributed by atoms with Crippen LogP contribution >= 0.6 is 0 Å². The Morgan fingerprint density at radius 1 is 1.12 bits per heavy atom. The average molecular weight is 349 g/mol. The SMILES string of the molecule is O=C(NCCc1cccnc1)c1nc2c(o1)CN(Cc1cccnc1)C2. The Labute approximate surface area is 151 Å². The molecule has 1 aliphatic heterocycles. The molecule has 4 heterocycles. The van der Waals surface area contributed by atoms with Crippen molar-refractivity contribution in [2.45, 2.75) is 26.1 Å². The van der Waals surface area contributed by atoms with Crippen LogP contribution in [0.5, 0.6) is 0 Å². The number of hydrogen-bond acceptors (Lipinski definition) is 6. The van der Waals surface area contributed by atoms with Crippen LogP contribution in [0.3, 0.4) is 0 Å². The maximum absolute atomic E-state index is 12.2. The first-order chi connectivity index (χ1) is 12.8. The van der Waals surface area contributed by atoms with Gasteiger partial charge in [-0.1, -0.05) is 12.1 Å². The number of carbonyl (C=O) groups is 1. The Kier molecular flexibility index (Phi) is 4.70. The molecule has 26 heavy (non-hydrogen) atoms. The smallest absolute Gasteiger partial charge is 0.307 e. The Bertz CT molecular complexity index is 856. The van der Waals surface area contributed by atoms with Gasteiger partial charge in [0.1, 0.15) is 5.76 Å². The highest BCUT2D eigenvalue weighted by Gasteiger charge is 2.27. The largest absolute Gasteiger partial charge is 0.436 e. The zero-order chi connectivity index (χ0) is 17.8. The molecule has 7 nitrogen and oxygen atoms in total. The Balaban J connectivity index is 1.29. The molecule has 0 aliphatic carbocycles. The van der Waals surface area contributed by atoms with Crippen molar-refractivity contribution in [2.75, 3.05) is 6.54 Å². The number of amides is 1. The molecule has 7 heteroatoms. The number of nitrogens with zero attached hydrogens (tertiary/aromatic N) is 4. The molecular weight excluding hydrogens is 330 g/mol. The molecule has 0 unspecified atom stereocenters. The lowest BCUT2D eigenvalue weighted by atomic mass is 10.2. The van der Waals surface area contributed by atoms with E-state index >= 15 is 0 Å². The van der Waals surface area contributed by atoms with E-state index in [9.17, 15) is 4.79 Å². The first-order valence-electron chi connectivity index (χ1n) is 8.55. The third-order valence-electron chi connectivity index (χ3n) is 4.26. The van der Waals surface area contributed by atoms with Crippen molar-refractivity contribution >= 4 is 5.91 Å². The molecule has 4 rings (SSSR count). The van der Waals surface area contributed by atoms with Crippen LogP contribution in [-0.2, 0) is 26.1 Å². The fraction of sp³-hybridized carbons (Fsp3) is 0.263. The summed E-state index contributed by atoms with van der Waals surface area (Å²) in [5, 5.41) is 2.84. The summed E-state index contributed by atoms with van der Waals surface area (Å²) < 4.78 is 5.67. The molecule has 0 atom stereocenters. The van der Waals surface area contributed by atoms with Gasteiger partial charge in [-0.15, -0.1) is 0 Å². The van der Waals surface area contributed by atoms with E-state index in [2.05, 4.69) is 25.2 Å². The van der Waals surface area contributed by atoms with Crippen molar-refractivity contribution in [2.24, 2.45) is 0 Å². The predicted molar refractivity (Wildman–Crippen MR) is 94.0 cm³/mol. The summed E-state index contributed by atoms with van der Waals surface area (Å²) in [6.45, 7) is 2.63. The third-order valence-corrected chi connectivity index (χ3v) is 4.26. The highest BCUT2D eigenvalue weighted by atomic mass is 16.4. The number of oxazole rings is 1. The van der Waals surface area contributed by atoms with Crippen molar-refractivity contribution in [1.29, 1.82) is 0 Å². The maximum atomic E-state index is 12.2. The fourth-order valence-corrected chi connectivity index (χ4v) is 3.00. The molecule has 0 saturated heterocycles. The lowest BCUT2D eigenvalue weighted by molar-refractivity contribution is 0.0914. The number of pyridine rings is 2. The first kappa shape index (κ1) is 16.4. The predicted octanol–water partition coefficient (Wildman–Crippen LogP) is 1.95. The van der Waals surface area contributed by atoms with Gasteiger partial charge < -0.3 is 9.73 Å². The van der Waals surface area contributed by atoms with Crippen LogP contribution in [0.25, 0.3) is 0 Å². The van der Waals surface area contributed by atoms with Crippen molar-refractivity contribution < 1.29 is 9.21 Å². The second-order valence-corrected chi connectivity index (χ2v) is 6.26. The van der Waals surface area contributed by atoms with E-state index in [0.717, 1.165) is 35.5 Å². The summed E-state index contributed by atoms with van der Waals surface area (Å²) in [4.78, 5) is 27.0. The topological polar surface area (TPSA) is 84.2 Å². The lowest BCUT2D eigenvalue weighted by Gasteiger charge is -2.13. The monoisotopic (exact) mass is 349 g/mol. The van der Waals surface area contributed by atoms with Crippen molar-refractivity contribution in [1.82, 2.24) is 25.2 Å². The minimum atomic E-state index is -0.276. The van der Waals surface area contributed by atoms with E-state index in [1.165, 1.54) is 0 Å². The zero-order valence-electron chi connectivity index (χ0n) is 14.3. The molecule has 3 aromatic heterocycles. The summed E-state index contributed by atoms with van der Waals surface area (Å²) in [7, 11) is 0. The van der Waals surface area contributed by atoms with Crippen molar-refractivity contribution in [3.63, 3.8) is 0 Å². The van der Waals surface area contributed by atoms with Gasteiger partial charge in [0.25, 0.3) is 5.89 Å². The molecule has 0 saturated carbocycles. The number of aromatic nitrogens is 3. The van der Waals surface area contributed by atoms with E-state index < -0.39 is 0 Å². The Morgan fingerprint density at radius 3 is 2.58 bits per heavy atom. The maximum Gasteiger partial charge on any atom is 0.307 e. The second-order valence-electron chi connectivity index (χ2n) is 6.26. The van der Waals surface area contributed by atoms with Crippen LogP contribution in [-0.4, -0.2) is 32.3 Å². The second kappa shape index (κ2) is 7.45. The fourth-order valence-electron chi connectivity index (χ4n) is 3.00. The average Bonchev–Trinajstić information content (AvgIpc) is 3.22. The van der Waals surface area contributed by atoms with Crippen LogP contribution in [0, 0.1) is 0 Å². The number of rotatable bonds is 6. The van der Waals surface area contributed by atoms with E-state index in [4.69, 9.17) is 4.42 Å². The standard InChI is InChI=1S/C19H19N5O2/c25-18(22-8-5-14-3-1-6-20-9-14)19-23-16-12-24(13-17(16)26-19)11-15-4-2-7-21-10-15/h1-4,6-7,9-10H,5,8,11-13H2,(H,22,25). The van der Waals surface area contributed by atoms with Crippen LogP contribution < -0.4 is 5.32 Å². The highest BCUT2D eigenvalue weighted by molar-refractivity contribution is 5.89. The summed E-state index contributed by atoms with van der Waals surface area (Å²) in [5.41, 5.74) is 3.06. The van der Waals surface area contributed by atoms with Gasteiger partial charge in [0.2, 0.25) is 0 Å². The number of hydrogen-bond donors (Lipinski definition) is 1. The van der Waals surface area contributed by atoms with E-state index in [1.807, 2.05) is 30.5 Å². The molecule has 1 N–H and O–H groups in total. The summed E-state index contributed by atoms with van der Waals surface area (Å²) in [6, 6.07) is 7.83. The van der Waals surface area contributed by atoms with E-state index in [1.54, 1.807) is 18.6 Å². The Hall–Kier alpha value is -3.06. The molecule has 0 spiro atoms. The summed E-state index contributed by atoms with van der Waals surface area (Å²) in [5.74, 6) is 0.635. The minimum absolute atomic E-state index is 0.141. The first-order valence-corrected chi connectivity index (χ1v) is 8.55. The molecule has 1 amide bonds. The van der Waals surface area contributed by atoms with E-state index in [0.29, 0.717) is 19.6 Å². The van der Waals surface area contributed by atoms with Gasteiger partial charge in [-0.25, -0.2) is 4.98 Å². The van der Waals surface area contributed by atoms with Gasteiger partial charge in [0.05, 0.1) is 12.2 Å². The molecule has 0 fully saturated rings. The van der Waals surface area contributed by atoms with Crippen LogP contribution in [0.4, 0.5) is 0 Å². The molecule has 132 valence electrons. The van der Waals surface area contributed by atoms with Crippen LogP contribution in [0.1, 0.15) is 33.3 Å².